The van der Waals surface area contributed by atoms with E-state index in [4.69, 9.17) is 14.2 Å². The van der Waals surface area contributed by atoms with Crippen LogP contribution in [0.1, 0.15) is 43.0 Å². The van der Waals surface area contributed by atoms with Crippen molar-refractivity contribution in [2.24, 2.45) is 0 Å². The Morgan fingerprint density at radius 2 is 2.03 bits per heavy atom. The minimum Gasteiger partial charge on any atom is -0.493 e. The number of esters is 1. The van der Waals surface area contributed by atoms with Crippen LogP contribution in [0.2, 0.25) is 0 Å². The van der Waals surface area contributed by atoms with Gasteiger partial charge in [-0.3, -0.25) is 4.79 Å². The van der Waals surface area contributed by atoms with Gasteiger partial charge in [0.15, 0.2) is 6.10 Å². The first kappa shape index (κ1) is 22.4. The number of ether oxygens (including phenoxy) is 3. The summed E-state index contributed by atoms with van der Waals surface area (Å²) in [5.41, 5.74) is 4.49. The van der Waals surface area contributed by atoms with Crippen molar-refractivity contribution in [2.75, 3.05) is 11.9 Å². The van der Waals surface area contributed by atoms with Crippen molar-refractivity contribution in [3.63, 3.8) is 0 Å². The second-order valence-electron chi connectivity index (χ2n) is 7.78. The highest BCUT2D eigenvalue weighted by Gasteiger charge is 2.22. The zero-order valence-electron chi connectivity index (χ0n) is 18.7. The van der Waals surface area contributed by atoms with Crippen LogP contribution in [0.3, 0.4) is 0 Å². The van der Waals surface area contributed by atoms with Gasteiger partial charge in [0.2, 0.25) is 0 Å². The molecule has 31 heavy (non-hydrogen) atoms. The summed E-state index contributed by atoms with van der Waals surface area (Å²) < 4.78 is 16.8. The van der Waals surface area contributed by atoms with Crippen LogP contribution in [-0.2, 0) is 20.7 Å². The Morgan fingerprint density at radius 1 is 1.26 bits per heavy atom. The van der Waals surface area contributed by atoms with Crippen molar-refractivity contribution in [1.82, 2.24) is 0 Å². The zero-order valence-corrected chi connectivity index (χ0v) is 18.7. The van der Waals surface area contributed by atoms with E-state index in [2.05, 4.69) is 5.32 Å². The van der Waals surface area contributed by atoms with Gasteiger partial charge in [0.05, 0.1) is 6.61 Å². The highest BCUT2D eigenvalue weighted by Crippen LogP contribution is 2.35. The van der Waals surface area contributed by atoms with Crippen molar-refractivity contribution in [3.8, 4) is 11.5 Å². The third-order valence-corrected chi connectivity index (χ3v) is 5.04. The highest BCUT2D eigenvalue weighted by atomic mass is 16.5. The molecule has 2 aromatic carbocycles. The SMILES string of the molecule is CCOc1cc2c(cc1/C=C/C(=O)O[C@@H](C)C(=O)Nc1cc(C)ccc1C)O[C@@H](C)C2. The van der Waals surface area contributed by atoms with E-state index in [9.17, 15) is 9.59 Å². The van der Waals surface area contributed by atoms with Crippen LogP contribution in [0.25, 0.3) is 6.08 Å². The average molecular weight is 424 g/mol. The summed E-state index contributed by atoms with van der Waals surface area (Å²) in [7, 11) is 0. The van der Waals surface area contributed by atoms with E-state index in [1.165, 1.54) is 6.08 Å². The maximum absolute atomic E-state index is 12.4. The van der Waals surface area contributed by atoms with E-state index in [0.29, 0.717) is 18.0 Å². The summed E-state index contributed by atoms with van der Waals surface area (Å²) >= 11 is 0. The molecule has 1 heterocycles. The van der Waals surface area contributed by atoms with Crippen LogP contribution in [0.4, 0.5) is 5.69 Å². The second-order valence-corrected chi connectivity index (χ2v) is 7.78. The number of nitrogens with one attached hydrogen (secondary N) is 1. The molecule has 3 rings (SSSR count). The molecule has 0 unspecified atom stereocenters. The summed E-state index contributed by atoms with van der Waals surface area (Å²) in [6.07, 6.45) is 2.92. The van der Waals surface area contributed by atoms with Gasteiger partial charge in [-0.1, -0.05) is 12.1 Å². The maximum atomic E-state index is 12.4. The lowest BCUT2D eigenvalue weighted by atomic mass is 10.1. The standard InChI is InChI=1S/C25H29NO5/c1-6-29-22-14-20-12-17(4)30-23(20)13-19(22)9-10-24(27)31-18(5)25(28)26-21-11-15(2)7-8-16(21)3/h7-11,13-14,17-18H,6,12H2,1-5H3,(H,26,28)/b10-9+/t17-,18-/m0/s1. The fraction of sp³-hybridized carbons (Fsp3) is 0.360. The molecular weight excluding hydrogens is 394 g/mol. The topological polar surface area (TPSA) is 73.9 Å². The number of hydrogen-bond donors (Lipinski definition) is 1. The Kier molecular flexibility index (Phi) is 7.00. The van der Waals surface area contributed by atoms with E-state index in [1.807, 2.05) is 58.0 Å². The summed E-state index contributed by atoms with van der Waals surface area (Å²) in [6, 6.07) is 9.60. The first-order valence-corrected chi connectivity index (χ1v) is 10.5. The van der Waals surface area contributed by atoms with Crippen molar-refractivity contribution in [3.05, 3.63) is 58.7 Å². The number of amides is 1. The third-order valence-electron chi connectivity index (χ3n) is 5.04. The van der Waals surface area contributed by atoms with Gasteiger partial charge < -0.3 is 19.5 Å². The summed E-state index contributed by atoms with van der Waals surface area (Å²) in [4.78, 5) is 24.7. The Hall–Kier alpha value is -3.28. The van der Waals surface area contributed by atoms with Crippen LogP contribution in [0, 0.1) is 13.8 Å². The van der Waals surface area contributed by atoms with Gasteiger partial charge in [0.1, 0.15) is 17.6 Å². The first-order chi connectivity index (χ1) is 14.8. The number of hydrogen-bond acceptors (Lipinski definition) is 5. The fourth-order valence-corrected chi connectivity index (χ4v) is 3.40. The molecule has 0 aliphatic carbocycles. The molecule has 1 aliphatic heterocycles. The molecule has 6 nitrogen and oxygen atoms in total. The van der Waals surface area contributed by atoms with Crippen LogP contribution in [0.15, 0.2) is 36.4 Å². The van der Waals surface area contributed by atoms with Gasteiger partial charge in [-0.05, 0) is 70.0 Å². The largest absolute Gasteiger partial charge is 0.493 e. The van der Waals surface area contributed by atoms with Crippen LogP contribution >= 0.6 is 0 Å². The molecule has 1 N–H and O–H groups in total. The smallest absolute Gasteiger partial charge is 0.331 e. The lowest BCUT2D eigenvalue weighted by Gasteiger charge is -2.14. The summed E-state index contributed by atoms with van der Waals surface area (Å²) in [6.45, 7) is 9.83. The number of fused-ring (bicyclic) bond motifs is 1. The number of benzene rings is 2. The number of carbonyl (C=O) groups is 2. The van der Waals surface area contributed by atoms with Crippen LogP contribution in [0.5, 0.6) is 11.5 Å². The van der Waals surface area contributed by atoms with E-state index < -0.39 is 12.1 Å². The lowest BCUT2D eigenvalue weighted by molar-refractivity contribution is -0.148. The fourth-order valence-electron chi connectivity index (χ4n) is 3.40. The summed E-state index contributed by atoms with van der Waals surface area (Å²) in [5.74, 6) is 0.486. The van der Waals surface area contributed by atoms with Gasteiger partial charge in [0.25, 0.3) is 5.91 Å². The van der Waals surface area contributed by atoms with Gasteiger partial charge in [-0.15, -0.1) is 0 Å². The van der Waals surface area contributed by atoms with E-state index in [0.717, 1.165) is 34.4 Å². The summed E-state index contributed by atoms with van der Waals surface area (Å²) in [5, 5.41) is 2.81. The van der Waals surface area contributed by atoms with Crippen molar-refractivity contribution in [1.29, 1.82) is 0 Å². The molecule has 1 aliphatic rings. The molecule has 0 spiro atoms. The molecule has 0 radical (unpaired) electrons. The van der Waals surface area contributed by atoms with Gasteiger partial charge >= 0.3 is 5.97 Å². The number of aryl methyl sites for hydroxylation is 2. The number of carbonyl (C=O) groups excluding carboxylic acids is 2. The van der Waals surface area contributed by atoms with Crippen LogP contribution < -0.4 is 14.8 Å². The molecule has 0 fully saturated rings. The minimum atomic E-state index is -0.937. The Morgan fingerprint density at radius 3 is 2.77 bits per heavy atom. The number of anilines is 1. The van der Waals surface area contributed by atoms with E-state index in [1.54, 1.807) is 13.0 Å². The van der Waals surface area contributed by atoms with Crippen LogP contribution in [-0.4, -0.2) is 30.7 Å². The van der Waals surface area contributed by atoms with Gasteiger partial charge in [-0.25, -0.2) is 4.79 Å². The molecular formula is C25H29NO5. The molecule has 2 aromatic rings. The Bertz CT molecular complexity index is 1010. The molecule has 1 amide bonds. The quantitative estimate of drug-likeness (QED) is 0.520. The monoisotopic (exact) mass is 423 g/mol. The normalized spacial score (nSPS) is 15.8. The number of rotatable bonds is 7. The average Bonchev–Trinajstić information content (AvgIpc) is 3.07. The van der Waals surface area contributed by atoms with Crippen molar-refractivity contribution in [2.45, 2.75) is 53.2 Å². The molecule has 164 valence electrons. The molecule has 0 saturated carbocycles. The predicted octanol–water partition coefficient (Wildman–Crippen LogP) is 4.61. The van der Waals surface area contributed by atoms with Gasteiger partial charge in [0, 0.05) is 29.3 Å². The third kappa shape index (κ3) is 5.66. The predicted molar refractivity (Wildman–Crippen MR) is 121 cm³/mol. The highest BCUT2D eigenvalue weighted by molar-refractivity contribution is 5.97. The molecule has 0 aromatic heterocycles. The van der Waals surface area contributed by atoms with E-state index in [-0.39, 0.29) is 12.0 Å². The maximum Gasteiger partial charge on any atom is 0.331 e. The minimum absolute atomic E-state index is 0.116. The second kappa shape index (κ2) is 9.69. The molecule has 0 saturated heterocycles. The lowest BCUT2D eigenvalue weighted by Crippen LogP contribution is -2.29. The first-order valence-electron chi connectivity index (χ1n) is 10.5. The Balaban J connectivity index is 1.65. The molecule has 0 bridgehead atoms. The van der Waals surface area contributed by atoms with Crippen molar-refractivity contribution < 1.29 is 23.8 Å². The molecule has 2 atom stereocenters. The van der Waals surface area contributed by atoms with Crippen molar-refractivity contribution >= 4 is 23.6 Å². The zero-order chi connectivity index (χ0) is 22.5. The van der Waals surface area contributed by atoms with Gasteiger partial charge in [-0.2, -0.15) is 0 Å². The molecule has 6 heteroatoms. The Labute approximate surface area is 183 Å². The van der Waals surface area contributed by atoms with E-state index >= 15 is 0 Å².